The zero-order chi connectivity index (χ0) is 42.0. The SMILES string of the molecule is CCCC(=O)N[C@@H]1CCCCC1Nc1nc(-c2c[nH]c3ncc(Cl)cc23)ncc1F.CCCNC(=O)N[C@@H]1CCCCC1Nc1nc(-c2c[nH]c3ncccc23)ncc1F. The van der Waals surface area contributed by atoms with E-state index >= 15 is 0 Å². The van der Waals surface area contributed by atoms with Gasteiger partial charge < -0.3 is 36.6 Å². The molecule has 60 heavy (non-hydrogen) atoms. The van der Waals surface area contributed by atoms with Crippen molar-refractivity contribution >= 4 is 57.2 Å². The number of hydrogen-bond acceptors (Lipinski definition) is 10. The molecule has 6 aromatic rings. The number of amides is 3. The molecule has 6 heterocycles. The molecule has 18 heteroatoms. The Kier molecular flexibility index (Phi) is 14.0. The number of pyridine rings is 2. The number of nitrogens with one attached hydrogen (secondary N) is 7. The minimum absolute atomic E-state index is 0.0308. The number of aromatic nitrogens is 8. The van der Waals surface area contributed by atoms with E-state index in [0.29, 0.717) is 40.8 Å². The van der Waals surface area contributed by atoms with Gasteiger partial charge in [-0.15, -0.1) is 0 Å². The Bertz CT molecular complexity index is 2410. The summed E-state index contributed by atoms with van der Waals surface area (Å²) in [6.45, 7) is 4.60. The molecule has 0 aliphatic heterocycles. The molecule has 4 atom stereocenters. The summed E-state index contributed by atoms with van der Waals surface area (Å²) >= 11 is 6.08. The lowest BCUT2D eigenvalue weighted by Gasteiger charge is -2.33. The fourth-order valence-corrected chi connectivity index (χ4v) is 7.93. The smallest absolute Gasteiger partial charge is 0.315 e. The number of anilines is 2. The third-order valence-corrected chi connectivity index (χ3v) is 11.0. The van der Waals surface area contributed by atoms with Crippen molar-refractivity contribution in [3.8, 4) is 22.8 Å². The zero-order valence-electron chi connectivity index (χ0n) is 33.6. The Labute approximate surface area is 351 Å². The van der Waals surface area contributed by atoms with Gasteiger partial charge in [0.1, 0.15) is 11.3 Å². The van der Waals surface area contributed by atoms with E-state index in [9.17, 15) is 18.4 Å². The first-order chi connectivity index (χ1) is 29.2. The quantitative estimate of drug-likeness (QED) is 0.0632. The van der Waals surface area contributed by atoms with Crippen molar-refractivity contribution < 1.29 is 18.4 Å². The highest BCUT2D eigenvalue weighted by molar-refractivity contribution is 6.31. The Morgan fingerprint density at radius 1 is 0.733 bits per heavy atom. The number of nitrogens with zero attached hydrogens (tertiary/aromatic N) is 6. The Hall–Kier alpha value is -5.97. The van der Waals surface area contributed by atoms with Crippen molar-refractivity contribution in [3.05, 3.63) is 72.0 Å². The van der Waals surface area contributed by atoms with Gasteiger partial charge in [-0.3, -0.25) is 4.79 Å². The molecule has 0 aromatic carbocycles. The molecular formula is C42H50ClF2N13O2. The number of aromatic amines is 2. The van der Waals surface area contributed by atoms with E-state index in [1.807, 2.05) is 26.0 Å². The molecule has 8 rings (SSSR count). The molecule has 15 nitrogen and oxygen atoms in total. The molecule has 6 aromatic heterocycles. The standard InChI is InChI=1S/C21H24ClFN6O.C21H26FN7O/c1-2-5-18(30)27-16-6-3-4-7-17(16)28-21-15(23)11-26-20(29-21)14-10-25-19-13(14)8-12(22)9-24-19;1-2-9-24-21(30)28-17-8-4-3-7-16(17)27-20-15(22)12-26-19(29-20)14-11-25-18-13(14)6-5-10-23-18/h8-11,16-17H,2-7H2,1H3,(H,24,25)(H,27,30)(H,26,28,29);5-6,10-12,16-17H,2-4,7-9H2,1H3,(H,23,25)(H2,24,28,30)(H,26,27,29)/t16-,17?;16?,17-/m11/s1. The second kappa shape index (κ2) is 19.9. The van der Waals surface area contributed by atoms with Crippen molar-refractivity contribution in [1.82, 2.24) is 55.8 Å². The molecule has 2 unspecified atom stereocenters. The predicted octanol–water partition coefficient (Wildman–Crippen LogP) is 8.04. The number of fused-ring (bicyclic) bond motifs is 2. The van der Waals surface area contributed by atoms with Crippen molar-refractivity contribution in [1.29, 1.82) is 0 Å². The van der Waals surface area contributed by atoms with Crippen LogP contribution < -0.4 is 26.6 Å². The summed E-state index contributed by atoms with van der Waals surface area (Å²) < 4.78 is 29.1. The van der Waals surface area contributed by atoms with Crippen LogP contribution in [0.4, 0.5) is 25.2 Å². The third kappa shape index (κ3) is 10.2. The average Bonchev–Trinajstić information content (AvgIpc) is 3.88. The van der Waals surface area contributed by atoms with Gasteiger partial charge >= 0.3 is 6.03 Å². The highest BCUT2D eigenvalue weighted by Gasteiger charge is 2.29. The van der Waals surface area contributed by atoms with Gasteiger partial charge in [0.2, 0.25) is 5.91 Å². The van der Waals surface area contributed by atoms with Crippen molar-refractivity contribution in [3.63, 3.8) is 0 Å². The van der Waals surface area contributed by atoms with Crippen LogP contribution in [0.1, 0.15) is 84.5 Å². The number of urea groups is 1. The van der Waals surface area contributed by atoms with Crippen LogP contribution in [0.3, 0.4) is 0 Å². The predicted molar refractivity (Wildman–Crippen MR) is 228 cm³/mol. The number of rotatable bonds is 12. The lowest BCUT2D eigenvalue weighted by molar-refractivity contribution is -0.122. The number of H-pyrrole nitrogens is 2. The van der Waals surface area contributed by atoms with E-state index in [1.165, 1.54) is 6.20 Å². The normalized spacial score (nSPS) is 18.9. The summed E-state index contributed by atoms with van der Waals surface area (Å²) in [5, 5.41) is 17.5. The second-order valence-electron chi connectivity index (χ2n) is 15.1. The lowest BCUT2D eigenvalue weighted by atomic mass is 9.90. The molecule has 2 saturated carbocycles. The van der Waals surface area contributed by atoms with E-state index in [0.717, 1.165) is 92.4 Å². The molecule has 0 bridgehead atoms. The summed E-state index contributed by atoms with van der Waals surface area (Å²) in [4.78, 5) is 56.1. The summed E-state index contributed by atoms with van der Waals surface area (Å²) in [6.07, 6.45) is 18.7. The zero-order valence-corrected chi connectivity index (χ0v) is 34.4. The fraction of sp³-hybridized carbons (Fsp3) is 0.429. The van der Waals surface area contributed by atoms with Gasteiger partial charge in [0, 0.05) is 77.8 Å². The van der Waals surface area contributed by atoms with Gasteiger partial charge in [-0.2, -0.15) is 0 Å². The molecule has 0 radical (unpaired) electrons. The molecule has 2 fully saturated rings. The molecule has 0 saturated heterocycles. The van der Waals surface area contributed by atoms with Gasteiger partial charge in [0.25, 0.3) is 0 Å². The maximum Gasteiger partial charge on any atom is 0.315 e. The lowest BCUT2D eigenvalue weighted by Crippen LogP contribution is -2.51. The third-order valence-electron chi connectivity index (χ3n) is 10.8. The van der Waals surface area contributed by atoms with Gasteiger partial charge in [0.15, 0.2) is 34.9 Å². The first-order valence-electron chi connectivity index (χ1n) is 20.7. The highest BCUT2D eigenvalue weighted by Crippen LogP contribution is 2.31. The first-order valence-corrected chi connectivity index (χ1v) is 21.1. The van der Waals surface area contributed by atoms with E-state index in [1.54, 1.807) is 30.9 Å². The van der Waals surface area contributed by atoms with Crippen LogP contribution in [0, 0.1) is 11.6 Å². The number of hydrogen-bond donors (Lipinski definition) is 7. The minimum Gasteiger partial charge on any atom is -0.363 e. The fourth-order valence-electron chi connectivity index (χ4n) is 7.77. The average molecular weight is 842 g/mol. The monoisotopic (exact) mass is 841 g/mol. The summed E-state index contributed by atoms with van der Waals surface area (Å²) in [5.74, 6) is 0.0475. The number of carbonyl (C=O) groups excluding carboxylic acids is 2. The molecule has 2 aliphatic rings. The van der Waals surface area contributed by atoms with Gasteiger partial charge in [-0.25, -0.2) is 43.5 Å². The number of halogens is 3. The summed E-state index contributed by atoms with van der Waals surface area (Å²) in [6, 6.07) is 5.01. The highest BCUT2D eigenvalue weighted by atomic mass is 35.5. The van der Waals surface area contributed by atoms with Crippen LogP contribution in [-0.4, -0.2) is 82.5 Å². The Morgan fingerprint density at radius 2 is 1.30 bits per heavy atom. The minimum atomic E-state index is -0.529. The Balaban J connectivity index is 0.000000181. The molecule has 7 N–H and O–H groups in total. The molecule has 316 valence electrons. The Morgan fingerprint density at radius 3 is 1.90 bits per heavy atom. The van der Waals surface area contributed by atoms with Crippen LogP contribution in [0.2, 0.25) is 5.02 Å². The van der Waals surface area contributed by atoms with E-state index in [2.05, 4.69) is 66.5 Å². The first kappa shape index (κ1) is 42.2. The topological polar surface area (TPSA) is 203 Å². The van der Waals surface area contributed by atoms with Gasteiger partial charge in [0.05, 0.1) is 23.5 Å². The van der Waals surface area contributed by atoms with Crippen molar-refractivity contribution in [2.75, 3.05) is 17.2 Å². The van der Waals surface area contributed by atoms with Gasteiger partial charge in [-0.1, -0.05) is 51.1 Å². The maximum absolute atomic E-state index is 14.5. The summed E-state index contributed by atoms with van der Waals surface area (Å²) in [7, 11) is 0. The van der Waals surface area contributed by atoms with E-state index in [-0.39, 0.29) is 47.7 Å². The molecule has 2 aliphatic carbocycles. The van der Waals surface area contributed by atoms with Crippen LogP contribution in [-0.2, 0) is 4.79 Å². The van der Waals surface area contributed by atoms with E-state index in [4.69, 9.17) is 11.6 Å². The number of carbonyl (C=O) groups is 2. The van der Waals surface area contributed by atoms with Gasteiger partial charge in [-0.05, 0) is 56.7 Å². The summed E-state index contributed by atoms with van der Waals surface area (Å²) in [5.41, 5.74) is 2.84. The van der Waals surface area contributed by atoms with Crippen molar-refractivity contribution in [2.24, 2.45) is 0 Å². The van der Waals surface area contributed by atoms with Crippen LogP contribution >= 0.6 is 11.6 Å². The van der Waals surface area contributed by atoms with E-state index < -0.39 is 11.6 Å². The maximum atomic E-state index is 14.5. The molecular weight excluding hydrogens is 792 g/mol. The second-order valence-corrected chi connectivity index (χ2v) is 15.6. The van der Waals surface area contributed by atoms with Crippen molar-refractivity contribution in [2.45, 2.75) is 109 Å². The van der Waals surface area contributed by atoms with Crippen LogP contribution in [0.15, 0.2) is 55.4 Å². The molecule has 0 spiro atoms. The van der Waals surface area contributed by atoms with Crippen LogP contribution in [0.5, 0.6) is 0 Å². The van der Waals surface area contributed by atoms with Crippen LogP contribution in [0.25, 0.3) is 44.8 Å². The largest absolute Gasteiger partial charge is 0.363 e. The molecule has 3 amide bonds.